The fraction of sp³-hybridized carbons (Fsp3) is 0.192. The number of hydrogen-bond donors (Lipinski definition) is 1. The molecular formula is C26H24Cl2O4. The van der Waals surface area contributed by atoms with Crippen LogP contribution in [-0.4, -0.2) is 30.4 Å². The maximum Gasteiger partial charge on any atom is 0.333 e. The Bertz CT molecular complexity index is 1060. The summed E-state index contributed by atoms with van der Waals surface area (Å²) in [5.74, 6) is -0.242. The number of rotatable bonds is 10. The van der Waals surface area contributed by atoms with Gasteiger partial charge in [0.2, 0.25) is 0 Å². The van der Waals surface area contributed by atoms with Gasteiger partial charge in [-0.3, -0.25) is 0 Å². The molecule has 0 fully saturated rings. The second kappa shape index (κ2) is 11.7. The highest BCUT2D eigenvalue weighted by molar-refractivity contribution is 6.43. The van der Waals surface area contributed by atoms with E-state index in [1.54, 1.807) is 13.0 Å². The molecule has 0 aliphatic rings. The molecule has 0 aliphatic carbocycles. The van der Waals surface area contributed by atoms with Gasteiger partial charge < -0.3 is 14.6 Å². The van der Waals surface area contributed by atoms with Gasteiger partial charge in [-0.2, -0.15) is 0 Å². The van der Waals surface area contributed by atoms with Gasteiger partial charge in [-0.15, -0.1) is 0 Å². The standard InChI is InChI=1S/C26H24Cl2O4/c1-2-31-24(26(29)30)17-19-10-14-21(15-11-19)32-16-4-5-18-8-12-20(13-9-18)22-6-3-7-23(27)25(22)28/h3-15,24H,2,16-17H2,1H3,(H,29,30)/b5-4+. The molecule has 0 saturated carbocycles. The molecule has 0 saturated heterocycles. The average Bonchev–Trinajstić information content (AvgIpc) is 2.80. The zero-order chi connectivity index (χ0) is 22.9. The lowest BCUT2D eigenvalue weighted by Crippen LogP contribution is -2.26. The number of carboxylic acids is 1. The van der Waals surface area contributed by atoms with Gasteiger partial charge >= 0.3 is 5.97 Å². The summed E-state index contributed by atoms with van der Waals surface area (Å²) in [6.45, 7) is 2.56. The van der Waals surface area contributed by atoms with Crippen LogP contribution >= 0.6 is 23.2 Å². The van der Waals surface area contributed by atoms with Gasteiger partial charge in [0.1, 0.15) is 12.4 Å². The molecule has 4 nitrogen and oxygen atoms in total. The molecule has 1 atom stereocenters. The van der Waals surface area contributed by atoms with Gasteiger partial charge in [-0.05, 0) is 47.9 Å². The lowest BCUT2D eigenvalue weighted by Gasteiger charge is -2.12. The first-order valence-corrected chi connectivity index (χ1v) is 11.0. The number of hydrogen-bond acceptors (Lipinski definition) is 3. The van der Waals surface area contributed by atoms with E-state index in [4.69, 9.17) is 32.7 Å². The van der Waals surface area contributed by atoms with Crippen LogP contribution in [0.15, 0.2) is 72.8 Å². The van der Waals surface area contributed by atoms with Crippen molar-refractivity contribution in [2.75, 3.05) is 13.2 Å². The molecule has 3 aromatic carbocycles. The van der Waals surface area contributed by atoms with Crippen LogP contribution in [0.25, 0.3) is 17.2 Å². The van der Waals surface area contributed by atoms with E-state index >= 15 is 0 Å². The number of aliphatic carboxylic acids is 1. The molecule has 1 unspecified atom stereocenters. The highest BCUT2D eigenvalue weighted by Gasteiger charge is 2.17. The molecule has 0 aliphatic heterocycles. The molecule has 1 N–H and O–H groups in total. The Labute approximate surface area is 198 Å². The zero-order valence-electron chi connectivity index (χ0n) is 17.6. The summed E-state index contributed by atoms with van der Waals surface area (Å²) in [6, 6.07) is 21.0. The van der Waals surface area contributed by atoms with Gasteiger partial charge in [-0.1, -0.05) is 77.8 Å². The smallest absolute Gasteiger partial charge is 0.333 e. The van der Waals surface area contributed by atoms with Crippen molar-refractivity contribution in [3.63, 3.8) is 0 Å². The SMILES string of the molecule is CCOC(Cc1ccc(OC/C=C/c2ccc(-c3cccc(Cl)c3Cl)cc2)cc1)C(=O)O. The molecule has 0 spiro atoms. The number of benzene rings is 3. The minimum atomic E-state index is -0.957. The van der Waals surface area contributed by atoms with Crippen molar-refractivity contribution in [3.05, 3.63) is 94.0 Å². The maximum atomic E-state index is 11.2. The summed E-state index contributed by atoms with van der Waals surface area (Å²) in [5, 5.41) is 10.3. The second-order valence-corrected chi connectivity index (χ2v) is 7.85. The van der Waals surface area contributed by atoms with Crippen LogP contribution in [0.1, 0.15) is 18.1 Å². The number of halogens is 2. The Balaban J connectivity index is 1.52. The van der Waals surface area contributed by atoms with E-state index in [0.717, 1.165) is 22.3 Å². The van der Waals surface area contributed by atoms with Gasteiger partial charge in [0.15, 0.2) is 6.10 Å². The summed E-state index contributed by atoms with van der Waals surface area (Å²) in [7, 11) is 0. The quantitative estimate of drug-likeness (QED) is 0.354. The van der Waals surface area contributed by atoms with Crippen molar-refractivity contribution >= 4 is 35.2 Å². The Hall–Kier alpha value is -2.79. The van der Waals surface area contributed by atoms with E-state index in [0.29, 0.717) is 35.4 Å². The number of ether oxygens (including phenoxy) is 2. The molecular weight excluding hydrogens is 447 g/mol. The molecule has 0 aromatic heterocycles. The van der Waals surface area contributed by atoms with Crippen molar-refractivity contribution in [1.82, 2.24) is 0 Å². The molecule has 3 rings (SSSR count). The topological polar surface area (TPSA) is 55.8 Å². The van der Waals surface area contributed by atoms with Crippen LogP contribution in [0.5, 0.6) is 5.75 Å². The molecule has 3 aromatic rings. The van der Waals surface area contributed by atoms with E-state index in [1.807, 2.05) is 72.8 Å². The lowest BCUT2D eigenvalue weighted by molar-refractivity contribution is -0.149. The van der Waals surface area contributed by atoms with E-state index < -0.39 is 12.1 Å². The summed E-state index contributed by atoms with van der Waals surface area (Å²) in [6.07, 6.45) is 3.40. The van der Waals surface area contributed by atoms with Gasteiger partial charge in [0.25, 0.3) is 0 Å². The summed E-state index contributed by atoms with van der Waals surface area (Å²) < 4.78 is 11.0. The first-order valence-electron chi connectivity index (χ1n) is 10.2. The number of carboxylic acid groups (broad SMARTS) is 1. The predicted molar refractivity (Wildman–Crippen MR) is 130 cm³/mol. The fourth-order valence-electron chi connectivity index (χ4n) is 3.18. The van der Waals surface area contributed by atoms with E-state index in [2.05, 4.69) is 0 Å². The highest BCUT2D eigenvalue weighted by atomic mass is 35.5. The summed E-state index contributed by atoms with van der Waals surface area (Å²) in [4.78, 5) is 11.2. The zero-order valence-corrected chi connectivity index (χ0v) is 19.1. The first-order chi connectivity index (χ1) is 15.5. The van der Waals surface area contributed by atoms with Gasteiger partial charge in [0, 0.05) is 18.6 Å². The predicted octanol–water partition coefficient (Wildman–Crippen LogP) is 6.78. The molecule has 0 bridgehead atoms. The summed E-state index contributed by atoms with van der Waals surface area (Å²) >= 11 is 12.4. The van der Waals surface area contributed by atoms with E-state index in [9.17, 15) is 9.90 Å². The monoisotopic (exact) mass is 470 g/mol. The largest absolute Gasteiger partial charge is 0.490 e. The van der Waals surface area contributed by atoms with Crippen molar-refractivity contribution in [3.8, 4) is 16.9 Å². The first kappa shape index (κ1) is 23.9. The lowest BCUT2D eigenvalue weighted by atomic mass is 10.0. The van der Waals surface area contributed by atoms with Crippen molar-refractivity contribution < 1.29 is 19.4 Å². The van der Waals surface area contributed by atoms with Crippen LogP contribution in [0.2, 0.25) is 10.0 Å². The van der Waals surface area contributed by atoms with E-state index in [-0.39, 0.29) is 0 Å². The second-order valence-electron chi connectivity index (χ2n) is 7.07. The maximum absolute atomic E-state index is 11.2. The number of carbonyl (C=O) groups is 1. The summed E-state index contributed by atoms with van der Waals surface area (Å²) in [5.41, 5.74) is 3.83. The van der Waals surface area contributed by atoms with Crippen LogP contribution in [0, 0.1) is 0 Å². The minimum Gasteiger partial charge on any atom is -0.490 e. The Morgan fingerprint density at radius 2 is 1.75 bits per heavy atom. The van der Waals surface area contributed by atoms with E-state index in [1.165, 1.54) is 0 Å². The van der Waals surface area contributed by atoms with Crippen LogP contribution in [-0.2, 0) is 16.0 Å². The molecule has 32 heavy (non-hydrogen) atoms. The van der Waals surface area contributed by atoms with Crippen molar-refractivity contribution in [2.45, 2.75) is 19.4 Å². The highest BCUT2D eigenvalue weighted by Crippen LogP contribution is 2.33. The molecule has 6 heteroatoms. The minimum absolute atomic E-state index is 0.319. The van der Waals surface area contributed by atoms with Crippen molar-refractivity contribution in [1.29, 1.82) is 0 Å². The fourth-order valence-corrected chi connectivity index (χ4v) is 3.59. The van der Waals surface area contributed by atoms with Crippen molar-refractivity contribution in [2.24, 2.45) is 0 Å². The average molecular weight is 471 g/mol. The van der Waals surface area contributed by atoms with Crippen LogP contribution < -0.4 is 4.74 Å². The molecule has 0 heterocycles. The van der Waals surface area contributed by atoms with Gasteiger partial charge in [-0.25, -0.2) is 4.79 Å². The molecule has 0 amide bonds. The third-order valence-corrected chi connectivity index (χ3v) is 5.64. The third kappa shape index (κ3) is 6.60. The van der Waals surface area contributed by atoms with Gasteiger partial charge in [0.05, 0.1) is 10.0 Å². The molecule has 166 valence electrons. The Morgan fingerprint density at radius 3 is 2.41 bits per heavy atom. The Morgan fingerprint density at radius 1 is 1.03 bits per heavy atom. The van der Waals surface area contributed by atoms with Crippen LogP contribution in [0.4, 0.5) is 0 Å². The third-order valence-electron chi connectivity index (χ3n) is 4.82. The Kier molecular flexibility index (Phi) is 8.74. The molecule has 0 radical (unpaired) electrons. The normalized spacial score (nSPS) is 12.1. The van der Waals surface area contributed by atoms with Crippen LogP contribution in [0.3, 0.4) is 0 Å².